The molecule has 0 amide bonds. The number of rotatable bonds is 0. The van der Waals surface area contributed by atoms with Gasteiger partial charge in [0, 0.05) is 6.54 Å². The predicted molar refractivity (Wildman–Crippen MR) is 41.8 cm³/mol. The minimum atomic E-state index is -0.451. The van der Waals surface area contributed by atoms with Crippen LogP contribution in [0.1, 0.15) is 12.8 Å². The second kappa shape index (κ2) is 3.70. The van der Waals surface area contributed by atoms with Crippen molar-refractivity contribution in [3.63, 3.8) is 0 Å². The van der Waals surface area contributed by atoms with Gasteiger partial charge >= 0.3 is 0 Å². The van der Waals surface area contributed by atoms with E-state index >= 15 is 0 Å². The second-order valence-electron chi connectivity index (χ2n) is 3.21. The van der Waals surface area contributed by atoms with E-state index in [-0.39, 0.29) is 5.92 Å². The summed E-state index contributed by atoms with van der Waals surface area (Å²) in [6.07, 6.45) is 1.40. The van der Waals surface area contributed by atoms with Gasteiger partial charge in [0.1, 0.15) is 0 Å². The van der Waals surface area contributed by atoms with Crippen LogP contribution in [-0.2, 0) is 0 Å². The van der Waals surface area contributed by atoms with E-state index in [0.717, 1.165) is 19.4 Å². The summed E-state index contributed by atoms with van der Waals surface area (Å²) < 4.78 is 0. The van der Waals surface area contributed by atoms with Gasteiger partial charge in [0.2, 0.25) is 0 Å². The van der Waals surface area contributed by atoms with Gasteiger partial charge in [-0.2, -0.15) is 5.26 Å². The SMILES string of the molecule is CN1CCCC(C#N)C(O)C1. The number of likely N-dealkylation sites (N-methyl/N-ethyl adjacent to an activating group) is 1. The number of aliphatic hydroxyl groups excluding tert-OH is 1. The third-order valence-electron chi connectivity index (χ3n) is 2.18. The maximum Gasteiger partial charge on any atom is 0.0824 e. The molecule has 1 fully saturated rings. The third-order valence-corrected chi connectivity index (χ3v) is 2.18. The molecule has 1 aliphatic heterocycles. The lowest BCUT2D eigenvalue weighted by molar-refractivity contribution is 0.107. The van der Waals surface area contributed by atoms with Crippen LogP contribution < -0.4 is 0 Å². The van der Waals surface area contributed by atoms with Crippen LogP contribution in [0.25, 0.3) is 0 Å². The Hall–Kier alpha value is -0.590. The average molecular weight is 154 g/mol. The summed E-state index contributed by atoms with van der Waals surface area (Å²) in [7, 11) is 1.98. The summed E-state index contributed by atoms with van der Waals surface area (Å²) in [5.74, 6) is -0.153. The highest BCUT2D eigenvalue weighted by atomic mass is 16.3. The van der Waals surface area contributed by atoms with E-state index in [1.165, 1.54) is 0 Å². The van der Waals surface area contributed by atoms with Crippen molar-refractivity contribution in [1.29, 1.82) is 5.26 Å². The first kappa shape index (κ1) is 8.51. The lowest BCUT2D eigenvalue weighted by atomic mass is 10.0. The Balaban J connectivity index is 2.52. The van der Waals surface area contributed by atoms with Gasteiger partial charge in [-0.3, -0.25) is 0 Å². The molecular formula is C8H14N2O. The number of hydrogen-bond acceptors (Lipinski definition) is 3. The summed E-state index contributed by atoms with van der Waals surface area (Å²) in [6.45, 7) is 1.63. The molecule has 1 rings (SSSR count). The Kier molecular flexibility index (Phi) is 2.86. The molecule has 0 bridgehead atoms. The second-order valence-corrected chi connectivity index (χ2v) is 3.21. The number of aliphatic hydroxyl groups is 1. The molecule has 1 heterocycles. The maximum absolute atomic E-state index is 9.46. The fraction of sp³-hybridized carbons (Fsp3) is 0.875. The average Bonchev–Trinajstić information content (AvgIpc) is 2.11. The summed E-state index contributed by atoms with van der Waals surface area (Å²) >= 11 is 0. The minimum absolute atomic E-state index is 0.153. The van der Waals surface area contributed by atoms with Gasteiger partial charge in [0.25, 0.3) is 0 Å². The molecule has 11 heavy (non-hydrogen) atoms. The van der Waals surface area contributed by atoms with Crippen molar-refractivity contribution in [3.8, 4) is 6.07 Å². The van der Waals surface area contributed by atoms with Crippen molar-refractivity contribution in [2.24, 2.45) is 5.92 Å². The van der Waals surface area contributed by atoms with Crippen LogP contribution >= 0.6 is 0 Å². The molecule has 0 aromatic carbocycles. The minimum Gasteiger partial charge on any atom is -0.390 e. The number of likely N-dealkylation sites (tertiary alicyclic amines) is 1. The van der Waals surface area contributed by atoms with Crippen LogP contribution in [0.5, 0.6) is 0 Å². The van der Waals surface area contributed by atoms with Crippen molar-refractivity contribution < 1.29 is 5.11 Å². The van der Waals surface area contributed by atoms with E-state index in [1.807, 2.05) is 7.05 Å². The number of hydrogen-bond donors (Lipinski definition) is 1. The van der Waals surface area contributed by atoms with Gasteiger partial charge in [-0.25, -0.2) is 0 Å². The van der Waals surface area contributed by atoms with Gasteiger partial charge < -0.3 is 10.0 Å². The van der Waals surface area contributed by atoms with E-state index in [9.17, 15) is 5.11 Å². The highest BCUT2D eigenvalue weighted by molar-refractivity contribution is 4.90. The van der Waals surface area contributed by atoms with Crippen molar-refractivity contribution in [3.05, 3.63) is 0 Å². The van der Waals surface area contributed by atoms with Crippen molar-refractivity contribution in [2.75, 3.05) is 20.1 Å². The summed E-state index contributed by atoms with van der Waals surface area (Å²) in [4.78, 5) is 2.07. The Morgan fingerprint density at radius 3 is 3.00 bits per heavy atom. The molecule has 62 valence electrons. The first-order valence-electron chi connectivity index (χ1n) is 4.00. The van der Waals surface area contributed by atoms with E-state index < -0.39 is 6.10 Å². The molecule has 1 aliphatic rings. The van der Waals surface area contributed by atoms with E-state index in [1.54, 1.807) is 0 Å². The number of β-amino-alcohol motifs (C(OH)–C–C–N with tert-alkyl or cyclic N) is 1. The number of nitriles is 1. The Bertz CT molecular complexity index is 164. The van der Waals surface area contributed by atoms with Gasteiger partial charge in [-0.05, 0) is 26.4 Å². The zero-order chi connectivity index (χ0) is 8.27. The quantitative estimate of drug-likeness (QED) is 0.542. The van der Waals surface area contributed by atoms with Crippen LogP contribution in [0, 0.1) is 17.2 Å². The summed E-state index contributed by atoms with van der Waals surface area (Å²) in [5, 5.41) is 18.1. The molecular weight excluding hydrogens is 140 g/mol. The van der Waals surface area contributed by atoms with Gasteiger partial charge in [-0.1, -0.05) is 0 Å². The molecule has 0 aromatic heterocycles. The van der Waals surface area contributed by atoms with Gasteiger partial charge in [-0.15, -0.1) is 0 Å². The molecule has 0 aliphatic carbocycles. The topological polar surface area (TPSA) is 47.3 Å². The van der Waals surface area contributed by atoms with Crippen molar-refractivity contribution in [2.45, 2.75) is 18.9 Å². The van der Waals surface area contributed by atoms with E-state index in [4.69, 9.17) is 5.26 Å². The van der Waals surface area contributed by atoms with Gasteiger partial charge in [0.15, 0.2) is 0 Å². The smallest absolute Gasteiger partial charge is 0.0824 e. The van der Waals surface area contributed by atoms with Crippen molar-refractivity contribution in [1.82, 2.24) is 4.90 Å². The molecule has 0 spiro atoms. The van der Waals surface area contributed by atoms with E-state index in [2.05, 4.69) is 11.0 Å². The van der Waals surface area contributed by atoms with Crippen LogP contribution in [-0.4, -0.2) is 36.2 Å². The van der Waals surface area contributed by atoms with Crippen LogP contribution in [0.3, 0.4) is 0 Å². The molecule has 0 radical (unpaired) electrons. The number of nitrogens with zero attached hydrogens (tertiary/aromatic N) is 2. The predicted octanol–water partition coefficient (Wildman–Crippen LogP) is 0.213. The molecule has 1 saturated heterocycles. The van der Waals surface area contributed by atoms with Crippen LogP contribution in [0.4, 0.5) is 0 Å². The van der Waals surface area contributed by atoms with Crippen LogP contribution in [0.2, 0.25) is 0 Å². The monoisotopic (exact) mass is 154 g/mol. The zero-order valence-electron chi connectivity index (χ0n) is 6.82. The standard InChI is InChI=1S/C8H14N2O/c1-10-4-2-3-7(5-9)8(11)6-10/h7-8,11H,2-4,6H2,1H3. The molecule has 0 aromatic rings. The summed E-state index contributed by atoms with van der Waals surface area (Å²) in [5.41, 5.74) is 0. The lowest BCUT2D eigenvalue weighted by Crippen LogP contribution is -2.30. The Morgan fingerprint density at radius 2 is 2.36 bits per heavy atom. The van der Waals surface area contributed by atoms with Gasteiger partial charge in [0.05, 0.1) is 18.1 Å². The Labute approximate surface area is 67.2 Å². The molecule has 2 unspecified atom stereocenters. The largest absolute Gasteiger partial charge is 0.390 e. The first-order valence-corrected chi connectivity index (χ1v) is 4.00. The Morgan fingerprint density at radius 1 is 1.64 bits per heavy atom. The zero-order valence-corrected chi connectivity index (χ0v) is 6.82. The lowest BCUT2D eigenvalue weighted by Gasteiger charge is -2.16. The molecule has 1 N–H and O–H groups in total. The molecule has 3 nitrogen and oxygen atoms in total. The molecule has 2 atom stereocenters. The molecule has 0 saturated carbocycles. The molecule has 3 heteroatoms. The fourth-order valence-electron chi connectivity index (χ4n) is 1.46. The normalized spacial score (nSPS) is 34.3. The fourth-order valence-corrected chi connectivity index (χ4v) is 1.46. The van der Waals surface area contributed by atoms with Crippen molar-refractivity contribution >= 4 is 0 Å². The van der Waals surface area contributed by atoms with Crippen LogP contribution in [0.15, 0.2) is 0 Å². The maximum atomic E-state index is 9.46. The first-order chi connectivity index (χ1) is 5.24. The third kappa shape index (κ3) is 2.18. The highest BCUT2D eigenvalue weighted by Crippen LogP contribution is 2.15. The van der Waals surface area contributed by atoms with E-state index in [0.29, 0.717) is 6.54 Å². The highest BCUT2D eigenvalue weighted by Gasteiger charge is 2.22. The summed E-state index contributed by atoms with van der Waals surface area (Å²) in [6, 6.07) is 2.14.